The van der Waals surface area contributed by atoms with Gasteiger partial charge in [-0.05, 0) is 80.1 Å². The van der Waals surface area contributed by atoms with Gasteiger partial charge in [-0.3, -0.25) is 39.0 Å². The van der Waals surface area contributed by atoms with Crippen LogP contribution in [0.3, 0.4) is 0 Å². The number of aromatic nitrogens is 5. The number of carbonyl (C=O) groups is 6. The molecular weight excluding hydrogens is 971 g/mol. The van der Waals surface area contributed by atoms with E-state index in [1.54, 1.807) is 29.1 Å². The second-order valence-electron chi connectivity index (χ2n) is 18.3. The molecule has 0 spiro atoms. The molecule has 396 valence electrons. The lowest BCUT2D eigenvalue weighted by Gasteiger charge is -2.38. The van der Waals surface area contributed by atoms with Crippen LogP contribution >= 0.6 is 0 Å². The SMILES string of the molecule is NC(=O)c1c(-c2ccc(Oc3ccccc3)cc2)nn2c1NCCC2C1CCN(C(=O)c2cn(CCOCCOCCOCCOCCOCCNc3cccc4c3C(=O)N(C3CCC(=O)NC3=O)C4=O)nn2)CC1. The van der Waals surface area contributed by atoms with Crippen LogP contribution in [0.2, 0.25) is 0 Å². The molecule has 2 atom stereocenters. The lowest BCUT2D eigenvalue weighted by molar-refractivity contribution is -0.136. The molecule has 4 aliphatic rings. The molecule has 3 aromatic carbocycles. The fourth-order valence-corrected chi connectivity index (χ4v) is 9.70. The fourth-order valence-electron chi connectivity index (χ4n) is 9.70. The number of imide groups is 2. The number of hydrogen-bond acceptors (Lipinski definition) is 17. The van der Waals surface area contributed by atoms with Crippen LogP contribution in [0.15, 0.2) is 79.0 Å². The molecule has 2 saturated heterocycles. The van der Waals surface area contributed by atoms with E-state index in [-0.39, 0.29) is 47.5 Å². The number of piperidine rings is 2. The van der Waals surface area contributed by atoms with Gasteiger partial charge in [0.2, 0.25) is 11.8 Å². The summed E-state index contributed by atoms with van der Waals surface area (Å²) in [6, 6.07) is 20.9. The first kappa shape index (κ1) is 52.3. The maximum Gasteiger partial charge on any atom is 0.276 e. The number of amides is 6. The van der Waals surface area contributed by atoms with Crippen molar-refractivity contribution in [1.82, 2.24) is 39.9 Å². The van der Waals surface area contributed by atoms with Gasteiger partial charge in [0.15, 0.2) is 5.69 Å². The number of nitrogens with two attached hydrogens (primary N) is 1. The Balaban J connectivity index is 0.594. The molecule has 75 heavy (non-hydrogen) atoms. The zero-order chi connectivity index (χ0) is 52.1. The van der Waals surface area contributed by atoms with E-state index < -0.39 is 35.6 Å². The highest BCUT2D eigenvalue weighted by Crippen LogP contribution is 2.40. The van der Waals surface area contributed by atoms with Crippen molar-refractivity contribution in [2.24, 2.45) is 11.7 Å². The van der Waals surface area contributed by atoms with Gasteiger partial charge in [-0.1, -0.05) is 29.5 Å². The lowest BCUT2D eigenvalue weighted by atomic mass is 9.86. The molecule has 6 amide bonds. The molecule has 5 aromatic rings. The monoisotopic (exact) mass is 1030 g/mol. The quantitative estimate of drug-likeness (QED) is 0.0455. The molecule has 0 saturated carbocycles. The van der Waals surface area contributed by atoms with Gasteiger partial charge in [0.1, 0.15) is 34.6 Å². The van der Waals surface area contributed by atoms with E-state index >= 15 is 0 Å². The predicted octanol–water partition coefficient (Wildman–Crippen LogP) is 3.54. The largest absolute Gasteiger partial charge is 0.457 e. The molecule has 9 rings (SSSR count). The first-order valence-electron chi connectivity index (χ1n) is 25.3. The van der Waals surface area contributed by atoms with E-state index in [9.17, 15) is 28.8 Å². The van der Waals surface area contributed by atoms with Gasteiger partial charge in [0, 0.05) is 43.9 Å². The van der Waals surface area contributed by atoms with Gasteiger partial charge in [0.25, 0.3) is 23.6 Å². The third-order valence-electron chi connectivity index (χ3n) is 13.4. The van der Waals surface area contributed by atoms with Crippen LogP contribution in [0, 0.1) is 5.92 Å². The first-order chi connectivity index (χ1) is 36.6. The molecule has 2 unspecified atom stereocenters. The van der Waals surface area contributed by atoms with Crippen molar-refractivity contribution in [2.45, 2.75) is 50.7 Å². The van der Waals surface area contributed by atoms with Crippen LogP contribution in [0.4, 0.5) is 11.5 Å². The molecule has 4 aliphatic heterocycles. The zero-order valence-corrected chi connectivity index (χ0v) is 41.5. The van der Waals surface area contributed by atoms with E-state index in [2.05, 4.69) is 26.3 Å². The van der Waals surface area contributed by atoms with Crippen molar-refractivity contribution in [3.8, 4) is 22.8 Å². The Hall–Kier alpha value is -7.57. The van der Waals surface area contributed by atoms with Crippen molar-refractivity contribution in [2.75, 3.05) is 103 Å². The minimum atomic E-state index is -1.03. The van der Waals surface area contributed by atoms with Crippen molar-refractivity contribution in [3.63, 3.8) is 0 Å². The van der Waals surface area contributed by atoms with E-state index in [4.69, 9.17) is 39.3 Å². The third kappa shape index (κ3) is 12.7. The molecule has 6 heterocycles. The van der Waals surface area contributed by atoms with E-state index in [1.165, 1.54) is 0 Å². The summed E-state index contributed by atoms with van der Waals surface area (Å²) in [7, 11) is 0. The maximum absolute atomic E-state index is 13.5. The Morgan fingerprint density at radius 3 is 2.08 bits per heavy atom. The van der Waals surface area contributed by atoms with Crippen LogP contribution in [-0.2, 0) is 39.8 Å². The van der Waals surface area contributed by atoms with Crippen molar-refractivity contribution >= 4 is 46.9 Å². The Kier molecular flexibility index (Phi) is 17.5. The van der Waals surface area contributed by atoms with E-state index in [0.29, 0.717) is 127 Å². The first-order valence-corrected chi connectivity index (χ1v) is 25.3. The Morgan fingerprint density at radius 2 is 1.40 bits per heavy atom. The fraction of sp³-hybridized carbons (Fsp3) is 0.442. The van der Waals surface area contributed by atoms with Gasteiger partial charge < -0.3 is 49.7 Å². The molecule has 5 N–H and O–H groups in total. The molecule has 0 radical (unpaired) electrons. The number of nitrogens with zero attached hydrogens (tertiary/aromatic N) is 7. The second-order valence-corrected chi connectivity index (χ2v) is 18.3. The van der Waals surface area contributed by atoms with E-state index in [1.807, 2.05) is 64.2 Å². The highest BCUT2D eigenvalue weighted by atomic mass is 16.6. The number of ether oxygens (including phenoxy) is 6. The van der Waals surface area contributed by atoms with Gasteiger partial charge in [-0.25, -0.2) is 9.36 Å². The van der Waals surface area contributed by atoms with Crippen LogP contribution in [-0.4, -0.2) is 168 Å². The summed E-state index contributed by atoms with van der Waals surface area (Å²) in [5, 5.41) is 22.0. The average Bonchev–Trinajstić information content (AvgIpc) is 4.13. The summed E-state index contributed by atoms with van der Waals surface area (Å²) < 4.78 is 37.5. The zero-order valence-electron chi connectivity index (χ0n) is 41.5. The minimum Gasteiger partial charge on any atom is -0.457 e. The van der Waals surface area contributed by atoms with Crippen LogP contribution in [0.25, 0.3) is 11.3 Å². The summed E-state index contributed by atoms with van der Waals surface area (Å²) in [6.07, 6.45) is 4.14. The van der Waals surface area contributed by atoms with E-state index in [0.717, 1.165) is 35.5 Å². The Morgan fingerprint density at radius 1 is 0.733 bits per heavy atom. The number of primary amides is 1. The summed E-state index contributed by atoms with van der Waals surface area (Å²) >= 11 is 0. The average molecular weight is 1030 g/mol. The standard InChI is InChI=1S/C52H61N11O12/c53-47(65)45-46(35-9-11-37(12-10-35)75-36-5-2-1-3-6-36)58-63-41(15-18-55-48(45)63)34-16-20-60(21-17-34)51(68)40-33-61(59-57-40)22-24-71-26-28-73-30-32-74-31-29-72-27-25-70-23-19-54-39-8-4-7-38-44(39)52(69)62(50(38)67)42-13-14-43(64)56-49(42)66/h1-12,33-34,41-42,54-55H,13-32H2,(H2,53,65)(H,56,64,66). The summed E-state index contributed by atoms with van der Waals surface area (Å²) in [5.41, 5.74) is 8.74. The van der Waals surface area contributed by atoms with Crippen molar-refractivity contribution in [3.05, 3.63) is 101 Å². The molecule has 2 fully saturated rings. The van der Waals surface area contributed by atoms with Gasteiger partial charge in [-0.15, -0.1) is 5.10 Å². The molecule has 0 bridgehead atoms. The summed E-state index contributed by atoms with van der Waals surface area (Å²) in [6.45, 7) is 6.29. The molecule has 23 nitrogen and oxygen atoms in total. The van der Waals surface area contributed by atoms with Crippen molar-refractivity contribution < 1.29 is 57.2 Å². The summed E-state index contributed by atoms with van der Waals surface area (Å²) in [5.74, 6) is -0.686. The molecule has 0 aliphatic carbocycles. The van der Waals surface area contributed by atoms with Gasteiger partial charge in [0.05, 0.1) is 96.0 Å². The number of carbonyl (C=O) groups excluding carboxylic acids is 6. The maximum atomic E-state index is 13.5. The second kappa shape index (κ2) is 25.1. The number of hydrogen-bond donors (Lipinski definition) is 4. The summed E-state index contributed by atoms with van der Waals surface area (Å²) in [4.78, 5) is 79.3. The number of likely N-dealkylation sites (tertiary alicyclic amines) is 1. The van der Waals surface area contributed by atoms with Crippen LogP contribution in [0.1, 0.15) is 79.7 Å². The Labute approximate surface area is 432 Å². The number of fused-ring (bicyclic) bond motifs is 2. The van der Waals surface area contributed by atoms with Crippen LogP contribution < -0.4 is 26.4 Å². The molecular formula is C52H61N11O12. The number of para-hydroxylation sites is 1. The molecule has 23 heteroatoms. The van der Waals surface area contributed by atoms with Crippen LogP contribution in [0.5, 0.6) is 11.5 Å². The minimum absolute atomic E-state index is 0.0290. The molecule has 2 aromatic heterocycles. The number of nitrogens with one attached hydrogen (secondary N) is 3. The number of anilines is 2. The van der Waals surface area contributed by atoms with Gasteiger partial charge in [-0.2, -0.15) is 5.10 Å². The smallest absolute Gasteiger partial charge is 0.276 e. The topological polar surface area (TPSA) is 275 Å². The number of benzene rings is 3. The van der Waals surface area contributed by atoms with Crippen molar-refractivity contribution in [1.29, 1.82) is 0 Å². The highest BCUT2D eigenvalue weighted by molar-refractivity contribution is 6.25. The van der Waals surface area contributed by atoms with Gasteiger partial charge >= 0.3 is 0 Å². The Bertz CT molecular complexity index is 2810. The highest BCUT2D eigenvalue weighted by Gasteiger charge is 2.45. The third-order valence-corrected chi connectivity index (χ3v) is 13.4. The lowest BCUT2D eigenvalue weighted by Crippen LogP contribution is -2.54. The number of rotatable bonds is 26. The normalized spacial score (nSPS) is 17.7. The predicted molar refractivity (Wildman–Crippen MR) is 269 cm³/mol.